The zero-order valence-electron chi connectivity index (χ0n) is 76.7. The second-order valence-corrected chi connectivity index (χ2v) is 41.2. The van der Waals surface area contributed by atoms with Crippen molar-refractivity contribution in [1.82, 2.24) is 0 Å². The molecule has 2 saturated carbocycles. The normalized spacial score (nSPS) is 17.1. The van der Waals surface area contributed by atoms with Gasteiger partial charge in [-0.3, -0.25) is 4.79 Å². The lowest BCUT2D eigenvalue weighted by Gasteiger charge is -2.46. The summed E-state index contributed by atoms with van der Waals surface area (Å²) in [6.07, 6.45) is 15.2. The molecular weight excluding hydrogens is 1370 g/mol. The molecule has 2 aliphatic carbocycles. The highest BCUT2D eigenvalue weighted by atomic mass is 17.3. The maximum Gasteiger partial charge on any atom is 0.305 e. The Morgan fingerprint density at radius 3 is 0.981 bits per heavy atom. The first-order chi connectivity index (χ1) is 47.7. The lowest BCUT2D eigenvalue weighted by molar-refractivity contribution is -0.551. The first kappa shape index (κ1) is 109. The number of hydrogen-bond donors (Lipinski definition) is 0. The van der Waals surface area contributed by atoms with E-state index < -0.39 is 40.0 Å². The van der Waals surface area contributed by atoms with E-state index >= 15 is 0 Å². The molecular formula is C85H168O22. The predicted molar refractivity (Wildman–Crippen MR) is 424 cm³/mol. The van der Waals surface area contributed by atoms with Gasteiger partial charge in [-0.15, -0.1) is 0 Å². The van der Waals surface area contributed by atoms with Crippen molar-refractivity contribution < 1.29 is 107 Å². The average Bonchev–Trinajstić information content (AvgIpc) is 0.789. The minimum Gasteiger partial charge on any atom is -0.466 e. The second-order valence-electron chi connectivity index (χ2n) is 41.2. The fourth-order valence-corrected chi connectivity index (χ4v) is 8.65. The third-order valence-corrected chi connectivity index (χ3v) is 13.1. The molecule has 0 aromatic heterocycles. The Balaban J connectivity index is -0.00000123. The van der Waals surface area contributed by atoms with Gasteiger partial charge in [-0.1, -0.05) is 97.1 Å². The summed E-state index contributed by atoms with van der Waals surface area (Å²) in [5, 5.41) is 0. The fraction of sp³-hybridized carbons (Fsp3) is 0.918. The molecule has 2 aliphatic rings. The van der Waals surface area contributed by atoms with Gasteiger partial charge >= 0.3 is 5.97 Å². The Morgan fingerprint density at radius 2 is 0.664 bits per heavy atom. The van der Waals surface area contributed by atoms with E-state index in [0.29, 0.717) is 12.5 Å². The topological polar surface area (TPSA) is 211 Å². The molecule has 0 bridgehead atoms. The van der Waals surface area contributed by atoms with Crippen LogP contribution in [0.1, 0.15) is 406 Å². The smallest absolute Gasteiger partial charge is 0.305 e. The van der Waals surface area contributed by atoms with Crippen molar-refractivity contribution in [3.8, 4) is 0 Å². The SMILES string of the molecule is CC(C)(C)OOC(C)(C)C.CC(C)(C)OOC(C)(C)c1ccccc1.CC(C)(C)OOC1(OOC(C)(C)C)CCCCC1.CC1CC(C)(C)CC(OOC(C)(C)C)(OOC(C)(C)C)C1.CCCCCCC(C)(OOC(C)(C)C)OOC(C)(C)C.CCCCOC(=O)CCC(C)(OOC(C)(C)C)OOC(C)(C)C. The van der Waals surface area contributed by atoms with Crippen molar-refractivity contribution >= 4 is 5.97 Å². The molecule has 1 unspecified atom stereocenters. The van der Waals surface area contributed by atoms with Gasteiger partial charge in [0.05, 0.1) is 74.6 Å². The Morgan fingerprint density at radius 1 is 0.355 bits per heavy atom. The molecule has 2 fully saturated rings. The Hall–Kier alpha value is -2.11. The molecule has 22 heteroatoms. The molecule has 640 valence electrons. The van der Waals surface area contributed by atoms with Gasteiger partial charge in [-0.05, 0) is 305 Å². The van der Waals surface area contributed by atoms with Gasteiger partial charge in [0, 0.05) is 38.5 Å². The van der Waals surface area contributed by atoms with E-state index in [-0.39, 0.29) is 74.6 Å². The summed E-state index contributed by atoms with van der Waals surface area (Å²) in [4.78, 5) is 121. The first-order valence-electron chi connectivity index (χ1n) is 39.6. The van der Waals surface area contributed by atoms with E-state index in [2.05, 4.69) is 27.7 Å². The van der Waals surface area contributed by atoms with Gasteiger partial charge < -0.3 is 4.74 Å². The third kappa shape index (κ3) is 68.1. The zero-order chi connectivity index (χ0) is 84.3. The molecule has 0 aliphatic heterocycles. The van der Waals surface area contributed by atoms with E-state index in [1.165, 1.54) is 19.3 Å². The van der Waals surface area contributed by atoms with Crippen LogP contribution in [0.3, 0.4) is 0 Å². The summed E-state index contributed by atoms with van der Waals surface area (Å²) in [6.45, 7) is 82.8. The predicted octanol–water partition coefficient (Wildman–Crippen LogP) is 24.8. The second kappa shape index (κ2) is 47.1. The Bertz CT molecular complexity index is 2330. The minimum absolute atomic E-state index is 0.125. The number of hydrogen-bond acceptors (Lipinski definition) is 22. The van der Waals surface area contributed by atoms with Crippen molar-refractivity contribution in [2.45, 2.75) is 490 Å². The standard InChI is InChI=1S/C17H34O6.C17H34O4.C16H34O4.C14H28O4.C13H20O2.C8H18O2/c1-9-10-13-19-14(18)11-12-17(8,22-20-15(2,3)4)23-21-16(5,6)7;1-13-10-16(8,9)12-17(11-13,20-18-14(2,3)4)21-19-15(5,6)7;1-9-10-11-12-13-16(8,19-17-14(2,3)4)20-18-15(5,6)7;1-12(2,3)15-17-14(10-8-7-9-11-14)18-16-13(4,5)6;1-12(2,3)14-15-13(4,5)11-9-7-6-8-10-11;1-7(2,3)9-10-8(4,5)6/h9-13H2,1-8H3;13H,10-12H2,1-9H3;9-13H2,1-8H3;7-11H2,1-6H3;6-10H,1-5H3;1-6H3. The van der Waals surface area contributed by atoms with E-state index in [4.69, 9.17) is 102 Å². The van der Waals surface area contributed by atoms with Gasteiger partial charge in [0.2, 0.25) is 23.1 Å². The van der Waals surface area contributed by atoms with Crippen LogP contribution in [0, 0.1) is 11.3 Å². The lowest BCUT2D eigenvalue weighted by Crippen LogP contribution is -2.48. The number of rotatable bonds is 31. The molecule has 1 aromatic rings. The van der Waals surface area contributed by atoms with Crippen LogP contribution in [0.25, 0.3) is 0 Å². The summed E-state index contributed by atoms with van der Waals surface area (Å²) in [5.41, 5.74) is -3.15. The zero-order valence-corrected chi connectivity index (χ0v) is 76.7. The molecule has 0 saturated heterocycles. The van der Waals surface area contributed by atoms with Crippen LogP contribution in [0.4, 0.5) is 0 Å². The van der Waals surface area contributed by atoms with E-state index in [0.717, 1.165) is 82.6 Å². The highest BCUT2D eigenvalue weighted by Gasteiger charge is 2.49. The van der Waals surface area contributed by atoms with Gasteiger partial charge in [0.15, 0.2) is 0 Å². The van der Waals surface area contributed by atoms with Crippen LogP contribution in [-0.4, -0.2) is 97.3 Å². The summed E-state index contributed by atoms with van der Waals surface area (Å²) in [7, 11) is 0. The lowest BCUT2D eigenvalue weighted by atomic mass is 9.70. The molecule has 0 radical (unpaired) electrons. The summed E-state index contributed by atoms with van der Waals surface area (Å²) < 4.78 is 5.14. The van der Waals surface area contributed by atoms with Crippen LogP contribution in [0.2, 0.25) is 0 Å². The number of unbranched alkanes of at least 4 members (excludes halogenated alkanes) is 4. The van der Waals surface area contributed by atoms with Crippen LogP contribution in [0.15, 0.2) is 30.3 Å². The van der Waals surface area contributed by atoms with E-state index in [1.807, 2.05) is 287 Å². The van der Waals surface area contributed by atoms with E-state index in [1.54, 1.807) is 6.92 Å². The van der Waals surface area contributed by atoms with Crippen LogP contribution in [-0.2, 0) is 113 Å². The highest BCUT2D eigenvalue weighted by Crippen LogP contribution is 2.47. The minimum atomic E-state index is -1.20. The maximum atomic E-state index is 11.8. The summed E-state index contributed by atoms with van der Waals surface area (Å²) in [6, 6.07) is 10.1. The van der Waals surface area contributed by atoms with Crippen molar-refractivity contribution in [1.29, 1.82) is 0 Å². The first-order valence-corrected chi connectivity index (χ1v) is 39.6. The highest BCUT2D eigenvalue weighted by molar-refractivity contribution is 5.69. The maximum absolute atomic E-state index is 11.8. The van der Waals surface area contributed by atoms with Crippen molar-refractivity contribution in [3.05, 3.63) is 35.9 Å². The van der Waals surface area contributed by atoms with Crippen molar-refractivity contribution in [3.63, 3.8) is 0 Å². The Labute approximate surface area is 654 Å². The van der Waals surface area contributed by atoms with Crippen molar-refractivity contribution in [2.75, 3.05) is 6.61 Å². The fourth-order valence-electron chi connectivity index (χ4n) is 8.65. The largest absolute Gasteiger partial charge is 0.466 e. The third-order valence-electron chi connectivity index (χ3n) is 13.1. The molecule has 1 aromatic carbocycles. The number of benzene rings is 1. The number of carbonyl (C=O) groups excluding carboxylic acids is 1. The molecule has 0 amide bonds. The van der Waals surface area contributed by atoms with Crippen LogP contribution >= 0.6 is 0 Å². The van der Waals surface area contributed by atoms with Gasteiger partial charge in [-0.2, -0.15) is 39.1 Å². The molecule has 22 nitrogen and oxygen atoms in total. The molecule has 0 spiro atoms. The van der Waals surface area contributed by atoms with Crippen LogP contribution in [0.5, 0.6) is 0 Å². The average molecular weight is 1540 g/mol. The number of ether oxygens (including phenoxy) is 1. The molecule has 0 N–H and O–H groups in total. The quantitative estimate of drug-likeness (QED) is 0.0222. The Kier molecular flexibility index (Phi) is 48.0. The molecule has 3 rings (SSSR count). The monoisotopic (exact) mass is 1540 g/mol. The molecule has 0 heterocycles. The van der Waals surface area contributed by atoms with E-state index in [9.17, 15) is 4.79 Å². The summed E-state index contributed by atoms with van der Waals surface area (Å²) >= 11 is 0. The summed E-state index contributed by atoms with van der Waals surface area (Å²) in [5.74, 6) is -3.48. The van der Waals surface area contributed by atoms with Gasteiger partial charge in [0.1, 0.15) is 5.60 Å². The molecule has 107 heavy (non-hydrogen) atoms. The van der Waals surface area contributed by atoms with Crippen LogP contribution < -0.4 is 0 Å². The van der Waals surface area contributed by atoms with Gasteiger partial charge in [-0.25, -0.2) is 58.7 Å². The van der Waals surface area contributed by atoms with Gasteiger partial charge in [0.25, 0.3) is 0 Å². The number of esters is 1. The number of carbonyl (C=O) groups is 1. The van der Waals surface area contributed by atoms with Crippen molar-refractivity contribution in [2.24, 2.45) is 11.3 Å². The molecule has 1 atom stereocenters.